The van der Waals surface area contributed by atoms with Crippen molar-refractivity contribution in [3.8, 4) is 0 Å². The third-order valence-corrected chi connectivity index (χ3v) is 1.96. The Morgan fingerprint density at radius 2 is 2.45 bits per heavy atom. The number of aromatic nitrogens is 2. The molecule has 0 aliphatic heterocycles. The maximum absolute atomic E-state index is 4.31. The second kappa shape index (κ2) is 3.81. The van der Waals surface area contributed by atoms with Crippen molar-refractivity contribution in [3.63, 3.8) is 0 Å². The number of aryl methyl sites for hydroxylation is 2. The Labute approximate surface area is 73.0 Å². The fourth-order valence-electron chi connectivity index (χ4n) is 0.975. The van der Waals surface area contributed by atoms with Gasteiger partial charge in [-0.15, -0.1) is 0 Å². The van der Waals surface area contributed by atoms with Crippen LogP contribution in [-0.4, -0.2) is 14.8 Å². The average molecular weight is 170 g/mol. The predicted molar refractivity (Wildman–Crippen MR) is 50.0 cm³/mol. The summed E-state index contributed by atoms with van der Waals surface area (Å²) in [6, 6.07) is 0. The highest BCUT2D eigenvalue weighted by molar-refractivity contribution is 7.80. The van der Waals surface area contributed by atoms with Gasteiger partial charge in [0, 0.05) is 25.9 Å². The molecule has 11 heavy (non-hydrogen) atoms. The fourth-order valence-corrected chi connectivity index (χ4v) is 1.10. The van der Waals surface area contributed by atoms with Crippen LogP contribution in [0.3, 0.4) is 0 Å². The van der Waals surface area contributed by atoms with Gasteiger partial charge in [-0.05, 0) is 11.7 Å². The second-order valence-corrected chi connectivity index (χ2v) is 3.72. The van der Waals surface area contributed by atoms with E-state index in [0.717, 1.165) is 18.7 Å². The Kier molecular flexibility index (Phi) is 3.00. The summed E-state index contributed by atoms with van der Waals surface area (Å²) in [5.74, 6) is 1.14. The summed E-state index contributed by atoms with van der Waals surface area (Å²) in [6.07, 6.45) is 5.92. The van der Waals surface area contributed by atoms with Gasteiger partial charge in [0.05, 0.1) is 0 Å². The van der Waals surface area contributed by atoms with E-state index in [1.165, 1.54) is 0 Å². The van der Waals surface area contributed by atoms with Gasteiger partial charge in [0.25, 0.3) is 0 Å². The molecule has 0 fully saturated rings. The van der Waals surface area contributed by atoms with Crippen LogP contribution in [-0.2, 0) is 13.5 Å². The normalized spacial score (nSPS) is 13.4. The standard InChI is InChI=1S/C8H14N2S/c1-7(11)3-4-8-9-5-6-10(8)2/h5-7,11H,3-4H2,1-2H3. The monoisotopic (exact) mass is 170 g/mol. The Bertz CT molecular complexity index is 218. The van der Waals surface area contributed by atoms with E-state index in [1.807, 2.05) is 19.4 Å². The first-order valence-corrected chi connectivity index (χ1v) is 4.36. The maximum Gasteiger partial charge on any atom is 0.108 e. The molecule has 0 saturated heterocycles. The first kappa shape index (κ1) is 8.65. The van der Waals surface area contributed by atoms with Gasteiger partial charge in [-0.3, -0.25) is 0 Å². The summed E-state index contributed by atoms with van der Waals surface area (Å²) in [5, 5.41) is 0.465. The molecule has 0 saturated carbocycles. The Morgan fingerprint density at radius 1 is 1.73 bits per heavy atom. The van der Waals surface area contributed by atoms with E-state index in [9.17, 15) is 0 Å². The molecular formula is C8H14N2S. The lowest BCUT2D eigenvalue weighted by molar-refractivity contribution is 0.722. The van der Waals surface area contributed by atoms with Crippen LogP contribution in [0, 0.1) is 0 Å². The maximum atomic E-state index is 4.31. The van der Waals surface area contributed by atoms with Crippen molar-refractivity contribution in [2.45, 2.75) is 25.0 Å². The average Bonchev–Trinajstić information content (AvgIpc) is 2.31. The third kappa shape index (κ3) is 2.58. The van der Waals surface area contributed by atoms with Crippen LogP contribution in [0.4, 0.5) is 0 Å². The molecule has 0 amide bonds. The van der Waals surface area contributed by atoms with Crippen LogP contribution in [0.5, 0.6) is 0 Å². The number of hydrogen-bond acceptors (Lipinski definition) is 2. The van der Waals surface area contributed by atoms with E-state index in [4.69, 9.17) is 0 Å². The first-order chi connectivity index (χ1) is 5.20. The van der Waals surface area contributed by atoms with Crippen molar-refractivity contribution in [1.29, 1.82) is 0 Å². The minimum absolute atomic E-state index is 0.465. The number of hydrogen-bond donors (Lipinski definition) is 1. The van der Waals surface area contributed by atoms with E-state index in [-0.39, 0.29) is 0 Å². The van der Waals surface area contributed by atoms with Crippen LogP contribution in [0.15, 0.2) is 12.4 Å². The molecular weight excluding hydrogens is 156 g/mol. The highest BCUT2D eigenvalue weighted by Gasteiger charge is 2.00. The zero-order chi connectivity index (χ0) is 8.27. The van der Waals surface area contributed by atoms with Gasteiger partial charge in [-0.25, -0.2) is 4.98 Å². The van der Waals surface area contributed by atoms with Gasteiger partial charge in [-0.2, -0.15) is 12.6 Å². The zero-order valence-corrected chi connectivity index (χ0v) is 7.88. The van der Waals surface area contributed by atoms with Crippen LogP contribution in [0.2, 0.25) is 0 Å². The quantitative estimate of drug-likeness (QED) is 0.683. The van der Waals surface area contributed by atoms with Crippen molar-refractivity contribution < 1.29 is 0 Å². The molecule has 1 aromatic rings. The van der Waals surface area contributed by atoms with Crippen molar-refractivity contribution in [2.24, 2.45) is 7.05 Å². The molecule has 1 rings (SSSR count). The van der Waals surface area contributed by atoms with E-state index < -0.39 is 0 Å². The fraction of sp³-hybridized carbons (Fsp3) is 0.625. The smallest absolute Gasteiger partial charge is 0.108 e. The van der Waals surface area contributed by atoms with Crippen molar-refractivity contribution in [2.75, 3.05) is 0 Å². The lowest BCUT2D eigenvalue weighted by atomic mass is 10.2. The molecule has 0 aliphatic rings. The first-order valence-electron chi connectivity index (χ1n) is 3.84. The summed E-state index contributed by atoms with van der Waals surface area (Å²) in [6.45, 7) is 2.10. The largest absolute Gasteiger partial charge is 0.338 e. The Hall–Kier alpha value is -0.440. The highest BCUT2D eigenvalue weighted by atomic mass is 32.1. The predicted octanol–water partition coefficient (Wildman–Crippen LogP) is 1.67. The molecule has 3 heteroatoms. The second-order valence-electron chi connectivity index (χ2n) is 2.84. The number of thiol groups is 1. The SMILES string of the molecule is CC(S)CCc1nccn1C. The lowest BCUT2D eigenvalue weighted by Gasteiger charge is -2.03. The molecule has 1 atom stereocenters. The Morgan fingerprint density at radius 3 is 2.91 bits per heavy atom. The van der Waals surface area contributed by atoms with Crippen molar-refractivity contribution in [3.05, 3.63) is 18.2 Å². The van der Waals surface area contributed by atoms with E-state index >= 15 is 0 Å². The highest BCUT2D eigenvalue weighted by Crippen LogP contribution is 2.05. The van der Waals surface area contributed by atoms with E-state index in [1.54, 1.807) is 0 Å². The summed E-state index contributed by atoms with van der Waals surface area (Å²) < 4.78 is 2.05. The molecule has 1 aromatic heterocycles. The summed E-state index contributed by atoms with van der Waals surface area (Å²) in [5.41, 5.74) is 0. The Balaban J connectivity index is 2.44. The van der Waals surface area contributed by atoms with Crippen molar-refractivity contribution >= 4 is 12.6 Å². The van der Waals surface area contributed by atoms with E-state index in [2.05, 4.69) is 29.1 Å². The number of rotatable bonds is 3. The van der Waals surface area contributed by atoms with Crippen LogP contribution in [0.1, 0.15) is 19.2 Å². The van der Waals surface area contributed by atoms with Crippen LogP contribution < -0.4 is 0 Å². The molecule has 0 spiro atoms. The molecule has 0 bridgehead atoms. The molecule has 62 valence electrons. The van der Waals surface area contributed by atoms with Gasteiger partial charge in [-0.1, -0.05) is 6.92 Å². The van der Waals surface area contributed by atoms with Gasteiger partial charge >= 0.3 is 0 Å². The van der Waals surface area contributed by atoms with Crippen LogP contribution >= 0.6 is 12.6 Å². The van der Waals surface area contributed by atoms with Gasteiger partial charge in [0.1, 0.15) is 5.82 Å². The third-order valence-electron chi connectivity index (χ3n) is 1.71. The molecule has 0 radical (unpaired) electrons. The summed E-state index contributed by atoms with van der Waals surface area (Å²) in [7, 11) is 2.02. The molecule has 0 N–H and O–H groups in total. The molecule has 0 aliphatic carbocycles. The number of imidazole rings is 1. The summed E-state index contributed by atoms with van der Waals surface area (Å²) in [4.78, 5) is 4.22. The number of nitrogens with zero attached hydrogens (tertiary/aromatic N) is 2. The zero-order valence-electron chi connectivity index (χ0n) is 6.99. The van der Waals surface area contributed by atoms with Gasteiger partial charge in [0.2, 0.25) is 0 Å². The molecule has 2 nitrogen and oxygen atoms in total. The van der Waals surface area contributed by atoms with Crippen LogP contribution in [0.25, 0.3) is 0 Å². The molecule has 0 aromatic carbocycles. The minimum atomic E-state index is 0.465. The summed E-state index contributed by atoms with van der Waals surface area (Å²) >= 11 is 4.31. The lowest BCUT2D eigenvalue weighted by Crippen LogP contribution is -2.01. The van der Waals surface area contributed by atoms with Crippen molar-refractivity contribution in [1.82, 2.24) is 9.55 Å². The van der Waals surface area contributed by atoms with Gasteiger partial charge < -0.3 is 4.57 Å². The van der Waals surface area contributed by atoms with Gasteiger partial charge in [0.15, 0.2) is 0 Å². The molecule has 1 heterocycles. The topological polar surface area (TPSA) is 17.8 Å². The van der Waals surface area contributed by atoms with E-state index in [0.29, 0.717) is 5.25 Å². The molecule has 1 unspecified atom stereocenters. The minimum Gasteiger partial charge on any atom is -0.338 e.